The van der Waals surface area contributed by atoms with Crippen LogP contribution in [0.25, 0.3) is 0 Å². The van der Waals surface area contributed by atoms with Crippen molar-refractivity contribution in [2.75, 3.05) is 27.2 Å². The lowest BCUT2D eigenvalue weighted by Crippen LogP contribution is -2.45. The molecular weight excluding hydrogens is 277 g/mol. The van der Waals surface area contributed by atoms with Crippen molar-refractivity contribution in [3.8, 4) is 11.5 Å². The summed E-state index contributed by atoms with van der Waals surface area (Å²) in [7, 11) is 9.14. The third-order valence-electron chi connectivity index (χ3n) is 4.96. The molecule has 1 saturated heterocycles. The zero-order valence-corrected chi connectivity index (χ0v) is 13.0. The van der Waals surface area contributed by atoms with E-state index < -0.39 is 0 Å². The van der Waals surface area contributed by atoms with Gasteiger partial charge in [-0.3, -0.25) is 4.79 Å². The van der Waals surface area contributed by atoms with Crippen molar-refractivity contribution < 1.29 is 14.3 Å². The fourth-order valence-corrected chi connectivity index (χ4v) is 3.76. The van der Waals surface area contributed by atoms with Crippen LogP contribution >= 0.6 is 0 Å². The molecule has 0 amide bonds. The highest BCUT2D eigenvalue weighted by Crippen LogP contribution is 2.46. The monoisotopic (exact) mass is 297 g/mol. The number of rotatable bonds is 4. The molecule has 3 rings (SSSR count). The van der Waals surface area contributed by atoms with Crippen LogP contribution in [-0.4, -0.2) is 51.8 Å². The van der Waals surface area contributed by atoms with Crippen LogP contribution in [0.2, 0.25) is 0 Å². The van der Waals surface area contributed by atoms with Crippen LogP contribution in [0.3, 0.4) is 0 Å². The second-order valence-corrected chi connectivity index (χ2v) is 5.87. The van der Waals surface area contributed by atoms with Gasteiger partial charge in [0.25, 0.3) is 0 Å². The van der Waals surface area contributed by atoms with Crippen LogP contribution < -0.4 is 9.47 Å². The van der Waals surface area contributed by atoms with Crippen molar-refractivity contribution in [3.05, 3.63) is 35.9 Å². The lowest BCUT2D eigenvalue weighted by Gasteiger charge is -2.38. The Hall–Kier alpha value is -1.75. The van der Waals surface area contributed by atoms with E-state index in [9.17, 15) is 4.79 Å². The number of hydrogen-bond donors (Lipinski definition) is 0. The summed E-state index contributed by atoms with van der Waals surface area (Å²) in [5.74, 6) is 1.59. The van der Waals surface area contributed by atoms with Gasteiger partial charge in [-0.15, -0.1) is 0 Å². The molecule has 0 spiro atoms. The molecule has 2 unspecified atom stereocenters. The molecule has 0 bridgehead atoms. The quantitative estimate of drug-likeness (QED) is 0.793. The maximum absolute atomic E-state index is 11.9. The molecule has 0 saturated carbocycles. The molecule has 2 radical (unpaired) electrons. The van der Waals surface area contributed by atoms with Crippen molar-refractivity contribution >= 4 is 13.6 Å². The van der Waals surface area contributed by atoms with E-state index >= 15 is 0 Å². The standard InChI is InChI=1S/C17H20BNO3/c1-21-14-4-3-12(9-15(14)22-2)17-6-5-13(20)10-16(17)19(11-18)8-7-17/h3-6,9,16H,7-8,10-11H2,1-2H3. The first kappa shape index (κ1) is 15.2. The Kier molecular flexibility index (Phi) is 4.00. The predicted octanol–water partition coefficient (Wildman–Crippen LogP) is 1.67. The molecule has 1 fully saturated rings. The predicted molar refractivity (Wildman–Crippen MR) is 85.7 cm³/mol. The average Bonchev–Trinajstić information content (AvgIpc) is 2.93. The summed E-state index contributed by atoms with van der Waals surface area (Å²) in [6.07, 6.45) is 5.71. The number of fused-ring (bicyclic) bond motifs is 1. The summed E-state index contributed by atoms with van der Waals surface area (Å²) in [5, 5.41) is 0. The number of carbonyl (C=O) groups is 1. The number of likely N-dealkylation sites (tertiary alicyclic amines) is 1. The summed E-state index contributed by atoms with van der Waals surface area (Å²) in [5.41, 5.74) is 0.974. The maximum Gasteiger partial charge on any atom is 0.161 e. The van der Waals surface area contributed by atoms with Crippen LogP contribution in [0.15, 0.2) is 30.4 Å². The van der Waals surface area contributed by atoms with E-state index in [2.05, 4.69) is 17.0 Å². The normalized spacial score (nSPS) is 27.7. The highest BCUT2D eigenvalue weighted by atomic mass is 16.5. The lowest BCUT2D eigenvalue weighted by atomic mass is 9.69. The summed E-state index contributed by atoms with van der Waals surface area (Å²) in [4.78, 5) is 14.1. The van der Waals surface area contributed by atoms with Gasteiger partial charge in [-0.1, -0.05) is 12.1 Å². The summed E-state index contributed by atoms with van der Waals surface area (Å²) in [6.45, 7) is 0.896. The highest BCUT2D eigenvalue weighted by molar-refractivity contribution is 6.08. The molecule has 2 aliphatic rings. The van der Waals surface area contributed by atoms with Gasteiger partial charge in [-0.25, -0.2) is 0 Å². The van der Waals surface area contributed by atoms with Crippen LogP contribution in [0, 0.1) is 0 Å². The maximum atomic E-state index is 11.9. The zero-order valence-electron chi connectivity index (χ0n) is 13.0. The van der Waals surface area contributed by atoms with Crippen LogP contribution in [0.5, 0.6) is 11.5 Å². The number of methoxy groups -OCH3 is 2. The van der Waals surface area contributed by atoms with E-state index in [1.54, 1.807) is 20.3 Å². The number of nitrogens with zero attached hydrogens (tertiary/aromatic N) is 1. The van der Waals surface area contributed by atoms with Crippen molar-refractivity contribution in [2.24, 2.45) is 0 Å². The molecule has 22 heavy (non-hydrogen) atoms. The smallest absolute Gasteiger partial charge is 0.161 e. The minimum atomic E-state index is -0.174. The van der Waals surface area contributed by atoms with Crippen molar-refractivity contribution in [3.63, 3.8) is 0 Å². The molecule has 1 aromatic rings. The number of ether oxygens (including phenoxy) is 2. The molecule has 1 heterocycles. The minimum absolute atomic E-state index is 0.119. The molecule has 2 atom stereocenters. The van der Waals surface area contributed by atoms with Crippen LogP contribution in [0.4, 0.5) is 0 Å². The van der Waals surface area contributed by atoms with Gasteiger partial charge in [-0.05, 0) is 43.2 Å². The van der Waals surface area contributed by atoms with Gasteiger partial charge in [0, 0.05) is 17.9 Å². The highest BCUT2D eigenvalue weighted by Gasteiger charge is 2.48. The van der Waals surface area contributed by atoms with E-state index in [0.29, 0.717) is 24.4 Å². The second kappa shape index (κ2) is 5.80. The first-order chi connectivity index (χ1) is 10.6. The van der Waals surface area contributed by atoms with Gasteiger partial charge in [0.2, 0.25) is 0 Å². The van der Waals surface area contributed by atoms with Crippen molar-refractivity contribution in [2.45, 2.75) is 24.3 Å². The molecule has 1 aliphatic carbocycles. The van der Waals surface area contributed by atoms with E-state index in [4.69, 9.17) is 17.3 Å². The molecule has 0 N–H and O–H groups in total. The Balaban J connectivity index is 2.08. The topological polar surface area (TPSA) is 38.8 Å². The number of hydrogen-bond acceptors (Lipinski definition) is 4. The van der Waals surface area contributed by atoms with Gasteiger partial charge >= 0.3 is 0 Å². The Bertz CT molecular complexity index is 616. The SMILES string of the molecule is [B]CN1CCC2(c3ccc(OC)c(OC)c3)C=CC(=O)CC12. The molecule has 4 nitrogen and oxygen atoms in total. The number of ketones is 1. The van der Waals surface area contributed by atoms with Gasteiger partial charge in [0.15, 0.2) is 17.3 Å². The molecule has 0 aromatic heterocycles. The lowest BCUT2D eigenvalue weighted by molar-refractivity contribution is -0.116. The van der Waals surface area contributed by atoms with E-state index in [1.165, 1.54) is 0 Å². The van der Waals surface area contributed by atoms with Crippen LogP contribution in [0.1, 0.15) is 18.4 Å². The minimum Gasteiger partial charge on any atom is -0.493 e. The van der Waals surface area contributed by atoms with Crippen molar-refractivity contribution in [1.82, 2.24) is 4.90 Å². The Labute approximate surface area is 132 Å². The third kappa shape index (κ3) is 2.24. The molecular formula is C17H20BNO3. The fourth-order valence-electron chi connectivity index (χ4n) is 3.76. The molecule has 1 aromatic carbocycles. The van der Waals surface area contributed by atoms with Crippen LogP contribution in [-0.2, 0) is 10.2 Å². The Morgan fingerprint density at radius 2 is 2.09 bits per heavy atom. The number of benzene rings is 1. The Morgan fingerprint density at radius 1 is 1.32 bits per heavy atom. The van der Waals surface area contributed by atoms with Gasteiger partial charge < -0.3 is 14.4 Å². The Morgan fingerprint density at radius 3 is 2.77 bits per heavy atom. The largest absolute Gasteiger partial charge is 0.493 e. The second-order valence-electron chi connectivity index (χ2n) is 5.87. The summed E-state index contributed by atoms with van der Waals surface area (Å²) < 4.78 is 10.8. The van der Waals surface area contributed by atoms with Crippen molar-refractivity contribution in [1.29, 1.82) is 0 Å². The average molecular weight is 297 g/mol. The van der Waals surface area contributed by atoms with E-state index in [1.807, 2.05) is 12.1 Å². The summed E-state index contributed by atoms with van der Waals surface area (Å²) >= 11 is 0. The third-order valence-corrected chi connectivity index (χ3v) is 4.96. The van der Waals surface area contributed by atoms with Gasteiger partial charge in [-0.2, -0.15) is 0 Å². The van der Waals surface area contributed by atoms with Gasteiger partial charge in [0.1, 0.15) is 0 Å². The summed E-state index contributed by atoms with van der Waals surface area (Å²) in [6, 6.07) is 6.13. The first-order valence-electron chi connectivity index (χ1n) is 7.53. The zero-order chi connectivity index (χ0) is 15.7. The van der Waals surface area contributed by atoms with E-state index in [0.717, 1.165) is 18.5 Å². The van der Waals surface area contributed by atoms with Gasteiger partial charge in [0.05, 0.1) is 22.1 Å². The van der Waals surface area contributed by atoms with E-state index in [-0.39, 0.29) is 17.2 Å². The number of carbonyl (C=O) groups excluding carboxylic acids is 1. The molecule has 1 aliphatic heterocycles. The molecule has 5 heteroatoms. The number of allylic oxidation sites excluding steroid dienone is 1. The fraction of sp³-hybridized carbons (Fsp3) is 0.471. The molecule has 114 valence electrons. The first-order valence-corrected chi connectivity index (χ1v) is 7.53.